The molecular formula is C24H34O3. The molecule has 0 aliphatic heterocycles. The Morgan fingerprint density at radius 2 is 2.00 bits per heavy atom. The number of fused-ring (bicyclic) bond motifs is 5. The fraction of sp³-hybridized carbons (Fsp3) is 0.708. The molecule has 1 saturated carbocycles. The fourth-order valence-corrected chi connectivity index (χ4v) is 6.48. The summed E-state index contributed by atoms with van der Waals surface area (Å²) in [5, 5.41) is 0. The third kappa shape index (κ3) is 2.57. The van der Waals surface area contributed by atoms with Crippen molar-refractivity contribution >= 4 is 5.97 Å². The van der Waals surface area contributed by atoms with Crippen LogP contribution in [0.25, 0.3) is 0 Å². The van der Waals surface area contributed by atoms with E-state index in [1.54, 1.807) is 12.7 Å². The molecule has 0 N–H and O–H groups in total. The van der Waals surface area contributed by atoms with E-state index < -0.39 is 0 Å². The summed E-state index contributed by atoms with van der Waals surface area (Å²) in [5.41, 5.74) is 2.92. The van der Waals surface area contributed by atoms with Crippen molar-refractivity contribution in [3.63, 3.8) is 0 Å². The summed E-state index contributed by atoms with van der Waals surface area (Å²) in [4.78, 5) is 12.1. The van der Waals surface area contributed by atoms with Crippen LogP contribution in [0.5, 0.6) is 0 Å². The molecular weight excluding hydrogens is 336 g/mol. The van der Waals surface area contributed by atoms with Gasteiger partial charge in [0.1, 0.15) is 5.60 Å². The second-order valence-electron chi connectivity index (χ2n) is 9.63. The molecule has 1 fully saturated rings. The Balaban J connectivity index is 1.68. The van der Waals surface area contributed by atoms with Crippen molar-refractivity contribution in [2.45, 2.75) is 78.2 Å². The number of methoxy groups -OCH3 is 1. The van der Waals surface area contributed by atoms with E-state index in [1.807, 2.05) is 6.92 Å². The summed E-state index contributed by atoms with van der Waals surface area (Å²) in [6.07, 6.45) is 14.1. The highest BCUT2D eigenvalue weighted by atomic mass is 16.6. The number of ether oxygens (including phenoxy) is 2. The number of hydrogen-bond acceptors (Lipinski definition) is 3. The van der Waals surface area contributed by atoms with Crippen molar-refractivity contribution in [3.05, 3.63) is 35.1 Å². The van der Waals surface area contributed by atoms with Crippen LogP contribution >= 0.6 is 0 Å². The Hall–Kier alpha value is -1.51. The highest BCUT2D eigenvalue weighted by Gasteiger charge is 2.61. The van der Waals surface area contributed by atoms with E-state index in [9.17, 15) is 4.79 Å². The van der Waals surface area contributed by atoms with Gasteiger partial charge in [-0.3, -0.25) is 4.79 Å². The monoisotopic (exact) mass is 370 g/mol. The zero-order chi connectivity index (χ0) is 19.4. The molecule has 0 aromatic rings. The number of allylic oxidation sites excluding steroid dienone is 6. The smallest absolute Gasteiger partial charge is 0.306 e. The van der Waals surface area contributed by atoms with E-state index >= 15 is 0 Å². The van der Waals surface area contributed by atoms with Gasteiger partial charge in [-0.15, -0.1) is 0 Å². The summed E-state index contributed by atoms with van der Waals surface area (Å²) in [7, 11) is 1.78. The minimum atomic E-state index is -0.340. The number of rotatable bonds is 3. The number of carbonyl (C=O) groups excluding carboxylic acids is 1. The van der Waals surface area contributed by atoms with Gasteiger partial charge in [0.2, 0.25) is 0 Å². The molecule has 3 nitrogen and oxygen atoms in total. The Labute approximate surface area is 163 Å². The van der Waals surface area contributed by atoms with Crippen LogP contribution < -0.4 is 0 Å². The molecule has 0 radical (unpaired) electrons. The molecule has 5 atom stereocenters. The Morgan fingerprint density at radius 3 is 2.70 bits per heavy atom. The van der Waals surface area contributed by atoms with Gasteiger partial charge < -0.3 is 9.47 Å². The Kier molecular flexibility index (Phi) is 4.36. The molecule has 0 amide bonds. The van der Waals surface area contributed by atoms with Crippen LogP contribution in [-0.2, 0) is 14.3 Å². The largest absolute Gasteiger partial charge is 0.501 e. The lowest BCUT2D eigenvalue weighted by molar-refractivity contribution is -0.172. The summed E-state index contributed by atoms with van der Waals surface area (Å²) >= 11 is 0. The lowest BCUT2D eigenvalue weighted by Crippen LogP contribution is -2.50. The Bertz CT molecular complexity index is 745. The molecule has 0 bridgehead atoms. The van der Waals surface area contributed by atoms with E-state index in [0.717, 1.165) is 44.3 Å². The quantitative estimate of drug-likeness (QED) is 0.471. The molecule has 27 heavy (non-hydrogen) atoms. The van der Waals surface area contributed by atoms with Gasteiger partial charge in [-0.05, 0) is 62.5 Å². The van der Waals surface area contributed by atoms with E-state index in [4.69, 9.17) is 9.47 Å². The summed E-state index contributed by atoms with van der Waals surface area (Å²) < 4.78 is 11.6. The molecule has 4 rings (SSSR count). The van der Waals surface area contributed by atoms with Gasteiger partial charge in [0.05, 0.1) is 12.9 Å². The van der Waals surface area contributed by atoms with Gasteiger partial charge in [-0.25, -0.2) is 0 Å². The van der Waals surface area contributed by atoms with Gasteiger partial charge in [0.15, 0.2) is 0 Å². The van der Waals surface area contributed by atoms with Crippen LogP contribution in [-0.4, -0.2) is 18.7 Å². The molecule has 2 unspecified atom stereocenters. The molecule has 4 aliphatic rings. The summed E-state index contributed by atoms with van der Waals surface area (Å²) in [5.74, 6) is 2.22. The molecule has 0 saturated heterocycles. The zero-order valence-corrected chi connectivity index (χ0v) is 17.6. The first-order valence-corrected chi connectivity index (χ1v) is 10.6. The van der Waals surface area contributed by atoms with Crippen LogP contribution in [0.1, 0.15) is 72.6 Å². The van der Waals surface area contributed by atoms with Gasteiger partial charge >= 0.3 is 5.97 Å². The van der Waals surface area contributed by atoms with E-state index in [1.165, 1.54) is 5.57 Å². The molecule has 148 valence electrons. The fourth-order valence-electron chi connectivity index (χ4n) is 6.48. The van der Waals surface area contributed by atoms with Crippen molar-refractivity contribution in [1.82, 2.24) is 0 Å². The second kappa shape index (κ2) is 6.25. The van der Waals surface area contributed by atoms with Crippen LogP contribution in [0, 0.1) is 22.7 Å². The van der Waals surface area contributed by atoms with Crippen LogP contribution in [0.3, 0.4) is 0 Å². The minimum absolute atomic E-state index is 0.0376. The molecule has 0 aromatic carbocycles. The minimum Gasteiger partial charge on any atom is -0.501 e. The van der Waals surface area contributed by atoms with Crippen molar-refractivity contribution in [1.29, 1.82) is 0 Å². The lowest BCUT2D eigenvalue weighted by Gasteiger charge is -2.54. The predicted octanol–water partition coefficient (Wildman–Crippen LogP) is 5.72. The van der Waals surface area contributed by atoms with Crippen LogP contribution in [0.2, 0.25) is 0 Å². The number of hydrogen-bond donors (Lipinski definition) is 0. The molecule has 4 aliphatic carbocycles. The van der Waals surface area contributed by atoms with Gasteiger partial charge in [0.25, 0.3) is 0 Å². The third-order valence-corrected chi connectivity index (χ3v) is 8.53. The van der Waals surface area contributed by atoms with Crippen molar-refractivity contribution in [2.24, 2.45) is 22.7 Å². The van der Waals surface area contributed by atoms with E-state index in [0.29, 0.717) is 18.3 Å². The first-order chi connectivity index (χ1) is 12.8. The van der Waals surface area contributed by atoms with Crippen molar-refractivity contribution in [3.8, 4) is 0 Å². The number of carbonyl (C=O) groups is 1. The average molecular weight is 371 g/mol. The van der Waals surface area contributed by atoms with Gasteiger partial charge in [-0.1, -0.05) is 38.5 Å². The Morgan fingerprint density at radius 1 is 1.22 bits per heavy atom. The van der Waals surface area contributed by atoms with Gasteiger partial charge in [0, 0.05) is 23.7 Å². The average Bonchev–Trinajstić information content (AvgIpc) is 2.92. The summed E-state index contributed by atoms with van der Waals surface area (Å²) in [6, 6.07) is 0. The van der Waals surface area contributed by atoms with Crippen LogP contribution in [0.15, 0.2) is 35.1 Å². The highest BCUT2D eigenvalue weighted by molar-refractivity contribution is 5.69. The predicted molar refractivity (Wildman–Crippen MR) is 107 cm³/mol. The molecule has 0 aromatic heterocycles. The first-order valence-electron chi connectivity index (χ1n) is 10.6. The second-order valence-corrected chi connectivity index (χ2v) is 9.63. The third-order valence-electron chi connectivity index (χ3n) is 8.53. The topological polar surface area (TPSA) is 35.5 Å². The number of esters is 1. The van der Waals surface area contributed by atoms with Crippen LogP contribution in [0.4, 0.5) is 0 Å². The highest BCUT2D eigenvalue weighted by Crippen LogP contribution is 2.65. The maximum atomic E-state index is 12.1. The van der Waals surface area contributed by atoms with Crippen molar-refractivity contribution < 1.29 is 14.3 Å². The lowest BCUT2D eigenvalue weighted by atomic mass is 9.52. The first kappa shape index (κ1) is 18.8. The maximum absolute atomic E-state index is 12.1. The summed E-state index contributed by atoms with van der Waals surface area (Å²) in [6.45, 7) is 8.86. The van der Waals surface area contributed by atoms with Gasteiger partial charge in [-0.2, -0.15) is 0 Å². The normalized spacial score (nSPS) is 42.8. The van der Waals surface area contributed by atoms with E-state index in [2.05, 4.69) is 39.0 Å². The standard InChI is InChI=1S/C24H34O3/c1-6-21(25)27-24(4)14-11-20-18-8-7-16-15-17(26-5)9-12-22(16,2)19(18)10-13-23(20,24)3/h7,10,15,18,20H,6,8-9,11-14H2,1-5H3/t18?,20?,22-,23-,24-/m0/s1. The molecule has 0 spiro atoms. The molecule has 3 heteroatoms. The maximum Gasteiger partial charge on any atom is 0.306 e. The van der Waals surface area contributed by atoms with E-state index in [-0.39, 0.29) is 22.4 Å². The zero-order valence-electron chi connectivity index (χ0n) is 17.6. The molecule has 0 heterocycles. The van der Waals surface area contributed by atoms with Crippen molar-refractivity contribution in [2.75, 3.05) is 7.11 Å². The SMILES string of the molecule is CCC(=O)O[C@@]1(C)CCC2C3CC=C4C=C(OC)CC[C@]4(C)C3=CC[C@@]21C.